The van der Waals surface area contributed by atoms with Crippen molar-refractivity contribution < 1.29 is 14.8 Å². The predicted octanol–water partition coefficient (Wildman–Crippen LogP) is 2.62. The summed E-state index contributed by atoms with van der Waals surface area (Å²) < 4.78 is 6.73. The van der Waals surface area contributed by atoms with E-state index in [1.165, 1.54) is 0 Å². The summed E-state index contributed by atoms with van der Waals surface area (Å²) >= 11 is 3.39. The molecule has 0 unspecified atom stereocenters. The van der Waals surface area contributed by atoms with Crippen LogP contribution in [0.2, 0.25) is 0 Å². The van der Waals surface area contributed by atoms with E-state index in [0.717, 1.165) is 17.3 Å². The predicted molar refractivity (Wildman–Crippen MR) is 95.5 cm³/mol. The van der Waals surface area contributed by atoms with Gasteiger partial charge in [-0.25, -0.2) is 0 Å². The zero-order valence-corrected chi connectivity index (χ0v) is 16.2. The van der Waals surface area contributed by atoms with Crippen molar-refractivity contribution in [1.82, 2.24) is 5.32 Å². The molecule has 4 nitrogen and oxygen atoms in total. The molecule has 3 N–H and O–H groups in total. The van der Waals surface area contributed by atoms with Crippen LogP contribution in [-0.4, -0.2) is 29.1 Å². The van der Waals surface area contributed by atoms with Crippen LogP contribution in [0.15, 0.2) is 28.7 Å². The Kier molecular flexibility index (Phi) is 5.41. The summed E-state index contributed by atoms with van der Waals surface area (Å²) in [6, 6.07) is 7.71. The fourth-order valence-electron chi connectivity index (χ4n) is 3.71. The topological polar surface area (TPSA) is 54.9 Å². The second-order valence-electron chi connectivity index (χ2n) is 7.95. The molecule has 23 heavy (non-hydrogen) atoms. The smallest absolute Gasteiger partial charge is 0.261 e. The number of quaternary nitrogens is 1. The summed E-state index contributed by atoms with van der Waals surface area (Å²) in [5, 5.41) is 5.58. The van der Waals surface area contributed by atoms with Crippen LogP contribution in [0.5, 0.6) is 5.75 Å². The molecule has 0 radical (unpaired) electrons. The first kappa shape index (κ1) is 18.3. The van der Waals surface area contributed by atoms with Crippen molar-refractivity contribution in [2.75, 3.05) is 0 Å². The van der Waals surface area contributed by atoms with Crippen molar-refractivity contribution >= 4 is 21.8 Å². The van der Waals surface area contributed by atoms with Gasteiger partial charge in [-0.2, -0.15) is 0 Å². The fraction of sp³-hybridized carbons (Fsp3) is 0.611. The number of carbonyl (C=O) groups excluding carboxylic acids is 1. The second-order valence-corrected chi connectivity index (χ2v) is 8.86. The van der Waals surface area contributed by atoms with E-state index < -0.39 is 6.10 Å². The lowest BCUT2D eigenvalue weighted by atomic mass is 9.79. The van der Waals surface area contributed by atoms with Crippen molar-refractivity contribution in [3.05, 3.63) is 28.7 Å². The molecule has 1 aliphatic heterocycles. The summed E-state index contributed by atoms with van der Waals surface area (Å²) in [6.07, 6.45) is 1.42. The number of carbonyl (C=O) groups is 1. The van der Waals surface area contributed by atoms with E-state index in [-0.39, 0.29) is 23.0 Å². The number of amides is 1. The number of rotatable bonds is 4. The number of piperidine rings is 1. The van der Waals surface area contributed by atoms with Crippen molar-refractivity contribution in [1.29, 1.82) is 0 Å². The highest BCUT2D eigenvalue weighted by Gasteiger charge is 2.42. The van der Waals surface area contributed by atoms with E-state index >= 15 is 0 Å². The Bertz CT molecular complexity index is 539. The molecule has 0 saturated carbocycles. The van der Waals surface area contributed by atoms with Crippen molar-refractivity contribution in [3.8, 4) is 5.75 Å². The molecule has 128 valence electrons. The molecule has 0 aromatic heterocycles. The first-order valence-corrected chi connectivity index (χ1v) is 8.95. The second kappa shape index (κ2) is 6.81. The molecule has 0 spiro atoms. The summed E-state index contributed by atoms with van der Waals surface area (Å²) in [5.41, 5.74) is 0.269. The maximum absolute atomic E-state index is 12.4. The molecule has 0 bridgehead atoms. The monoisotopic (exact) mass is 383 g/mol. The van der Waals surface area contributed by atoms with Crippen LogP contribution in [0.1, 0.15) is 47.5 Å². The number of nitrogens with one attached hydrogen (secondary N) is 1. The summed E-state index contributed by atoms with van der Waals surface area (Å²) in [6.45, 7) is 10.7. The zero-order chi connectivity index (χ0) is 17.3. The van der Waals surface area contributed by atoms with Crippen molar-refractivity contribution in [3.63, 3.8) is 0 Å². The standard InChI is InChI=1S/C18H27BrN2O2/c1-12(23-15-8-6-13(19)7-9-15)16(22)20-14-10-17(2,3)21-18(4,5)11-14/h6-9,12,14,21H,10-11H2,1-5H3,(H,20,22)/p+1/t12-/m0/s1. The largest absolute Gasteiger partial charge is 0.481 e. The van der Waals surface area contributed by atoms with Crippen LogP contribution in [0, 0.1) is 0 Å². The minimum atomic E-state index is -0.506. The van der Waals surface area contributed by atoms with E-state index in [4.69, 9.17) is 4.74 Å². The Hall–Kier alpha value is -1.07. The van der Waals surface area contributed by atoms with Gasteiger partial charge in [-0.1, -0.05) is 15.9 Å². The molecular formula is C18H28BrN2O2+. The van der Waals surface area contributed by atoms with Crippen molar-refractivity contribution in [2.45, 2.75) is 70.7 Å². The number of benzene rings is 1. The Morgan fingerprint density at radius 3 is 2.26 bits per heavy atom. The maximum atomic E-state index is 12.4. The molecule has 1 heterocycles. The first-order chi connectivity index (χ1) is 10.6. The molecule has 1 fully saturated rings. The Morgan fingerprint density at radius 1 is 1.22 bits per heavy atom. The van der Waals surface area contributed by atoms with Gasteiger partial charge < -0.3 is 15.4 Å². The highest BCUT2D eigenvalue weighted by atomic mass is 79.9. The molecule has 2 rings (SSSR count). The Balaban J connectivity index is 1.94. The lowest BCUT2D eigenvalue weighted by molar-refractivity contribution is -0.787. The quantitative estimate of drug-likeness (QED) is 0.839. The number of ether oxygens (including phenoxy) is 1. The van der Waals surface area contributed by atoms with Crippen LogP contribution in [0.25, 0.3) is 0 Å². The van der Waals surface area contributed by atoms with Gasteiger partial charge in [-0.3, -0.25) is 4.79 Å². The van der Waals surface area contributed by atoms with Crippen LogP contribution in [0.3, 0.4) is 0 Å². The van der Waals surface area contributed by atoms with E-state index in [2.05, 4.69) is 54.3 Å². The highest BCUT2D eigenvalue weighted by Crippen LogP contribution is 2.22. The van der Waals surface area contributed by atoms with Gasteiger partial charge in [-0.15, -0.1) is 0 Å². The van der Waals surface area contributed by atoms with Gasteiger partial charge in [0.05, 0.1) is 11.1 Å². The van der Waals surface area contributed by atoms with Gasteiger partial charge in [0.1, 0.15) is 5.75 Å². The van der Waals surface area contributed by atoms with E-state index in [9.17, 15) is 4.79 Å². The molecule has 1 aliphatic rings. The van der Waals surface area contributed by atoms with E-state index in [1.54, 1.807) is 6.92 Å². The minimum Gasteiger partial charge on any atom is -0.481 e. The van der Waals surface area contributed by atoms with E-state index in [0.29, 0.717) is 5.75 Å². The van der Waals surface area contributed by atoms with Gasteiger partial charge in [0.2, 0.25) is 0 Å². The molecule has 5 heteroatoms. The third-order valence-corrected chi connectivity index (χ3v) is 4.70. The summed E-state index contributed by atoms with van der Waals surface area (Å²) in [4.78, 5) is 12.4. The van der Waals surface area contributed by atoms with Gasteiger partial charge >= 0.3 is 0 Å². The Morgan fingerprint density at radius 2 is 1.74 bits per heavy atom. The average Bonchev–Trinajstić information content (AvgIpc) is 2.37. The zero-order valence-electron chi connectivity index (χ0n) is 14.7. The molecule has 1 aromatic carbocycles. The summed E-state index contributed by atoms with van der Waals surface area (Å²) in [7, 11) is 0. The van der Waals surface area contributed by atoms with Gasteiger partial charge in [0.25, 0.3) is 5.91 Å². The number of hydrogen-bond donors (Lipinski definition) is 2. The SMILES string of the molecule is C[C@H](Oc1ccc(Br)cc1)C(=O)NC1CC(C)(C)[NH2+]C(C)(C)C1. The Labute approximate surface area is 147 Å². The third kappa shape index (κ3) is 5.50. The van der Waals surface area contributed by atoms with Crippen LogP contribution >= 0.6 is 15.9 Å². The van der Waals surface area contributed by atoms with Crippen LogP contribution < -0.4 is 15.4 Å². The molecule has 1 amide bonds. The number of hydrogen-bond acceptors (Lipinski definition) is 2. The number of nitrogens with two attached hydrogens (primary N) is 1. The normalized spacial score (nSPS) is 21.5. The van der Waals surface area contributed by atoms with Gasteiger partial charge in [0, 0.05) is 23.4 Å². The van der Waals surface area contributed by atoms with Gasteiger partial charge in [-0.05, 0) is 58.9 Å². The maximum Gasteiger partial charge on any atom is 0.261 e. The minimum absolute atomic E-state index is 0.0496. The molecule has 1 saturated heterocycles. The third-order valence-electron chi connectivity index (χ3n) is 4.17. The number of halogens is 1. The average molecular weight is 384 g/mol. The molecular weight excluding hydrogens is 356 g/mol. The van der Waals surface area contributed by atoms with Crippen molar-refractivity contribution in [2.24, 2.45) is 0 Å². The first-order valence-electron chi connectivity index (χ1n) is 8.16. The highest BCUT2D eigenvalue weighted by molar-refractivity contribution is 9.10. The molecule has 1 atom stereocenters. The fourth-order valence-corrected chi connectivity index (χ4v) is 3.97. The van der Waals surface area contributed by atoms with Crippen LogP contribution in [-0.2, 0) is 4.79 Å². The van der Waals surface area contributed by atoms with E-state index in [1.807, 2.05) is 24.3 Å². The molecule has 1 aromatic rings. The van der Waals surface area contributed by atoms with Crippen LogP contribution in [0.4, 0.5) is 0 Å². The summed E-state index contributed by atoms with van der Waals surface area (Å²) in [5.74, 6) is 0.653. The lowest BCUT2D eigenvalue weighted by Gasteiger charge is -2.43. The lowest BCUT2D eigenvalue weighted by Crippen LogP contribution is -3.06. The molecule has 0 aliphatic carbocycles. The van der Waals surface area contributed by atoms with Gasteiger partial charge in [0.15, 0.2) is 6.10 Å².